The zero-order valence-corrected chi connectivity index (χ0v) is 11.6. The lowest BCUT2D eigenvalue weighted by atomic mass is 10.2. The molecule has 0 atom stereocenters. The SMILES string of the molecule is CCOc1cc(-c2ncc(C(=O)O)n2C)ccc1OC. The zero-order chi connectivity index (χ0) is 14.7. The normalized spacial score (nSPS) is 10.3. The number of aromatic nitrogens is 2. The Morgan fingerprint density at radius 2 is 2.15 bits per heavy atom. The summed E-state index contributed by atoms with van der Waals surface area (Å²) in [7, 11) is 3.23. The van der Waals surface area contributed by atoms with Crippen LogP contribution in [0.1, 0.15) is 17.4 Å². The average molecular weight is 276 g/mol. The fourth-order valence-electron chi connectivity index (χ4n) is 1.96. The first-order chi connectivity index (χ1) is 9.58. The Hall–Kier alpha value is -2.50. The second-order valence-corrected chi connectivity index (χ2v) is 4.13. The lowest BCUT2D eigenvalue weighted by Crippen LogP contribution is -2.05. The summed E-state index contributed by atoms with van der Waals surface area (Å²) in [6.45, 7) is 2.40. The predicted octanol–water partition coefficient (Wildman–Crippen LogP) is 2.19. The Bertz CT molecular complexity index is 634. The molecule has 1 aromatic heterocycles. The van der Waals surface area contributed by atoms with Crippen LogP contribution in [-0.2, 0) is 7.05 Å². The van der Waals surface area contributed by atoms with Gasteiger partial charge in [-0.25, -0.2) is 9.78 Å². The summed E-state index contributed by atoms with van der Waals surface area (Å²) >= 11 is 0. The van der Waals surface area contributed by atoms with Crippen molar-refractivity contribution < 1.29 is 19.4 Å². The van der Waals surface area contributed by atoms with E-state index in [1.165, 1.54) is 10.8 Å². The molecule has 1 aromatic carbocycles. The molecule has 0 aliphatic carbocycles. The molecular weight excluding hydrogens is 260 g/mol. The van der Waals surface area contributed by atoms with Gasteiger partial charge in [-0.15, -0.1) is 0 Å². The highest BCUT2D eigenvalue weighted by molar-refractivity contribution is 5.86. The van der Waals surface area contributed by atoms with E-state index < -0.39 is 5.97 Å². The van der Waals surface area contributed by atoms with E-state index in [1.807, 2.05) is 13.0 Å². The maximum Gasteiger partial charge on any atom is 0.354 e. The summed E-state index contributed by atoms with van der Waals surface area (Å²) in [5.74, 6) is 0.784. The fraction of sp³-hybridized carbons (Fsp3) is 0.286. The summed E-state index contributed by atoms with van der Waals surface area (Å²) in [6, 6.07) is 5.38. The third kappa shape index (κ3) is 2.45. The third-order valence-corrected chi connectivity index (χ3v) is 2.93. The molecule has 0 amide bonds. The second kappa shape index (κ2) is 5.64. The number of benzene rings is 1. The number of ether oxygens (including phenoxy) is 2. The molecule has 0 saturated carbocycles. The molecule has 0 aliphatic heterocycles. The van der Waals surface area contributed by atoms with Crippen LogP contribution in [0.15, 0.2) is 24.4 Å². The zero-order valence-electron chi connectivity index (χ0n) is 11.6. The van der Waals surface area contributed by atoms with Crippen LogP contribution in [0.4, 0.5) is 0 Å². The van der Waals surface area contributed by atoms with Crippen molar-refractivity contribution in [2.24, 2.45) is 7.05 Å². The van der Waals surface area contributed by atoms with Crippen LogP contribution in [-0.4, -0.2) is 34.3 Å². The van der Waals surface area contributed by atoms with E-state index in [4.69, 9.17) is 14.6 Å². The molecule has 2 aromatic rings. The Morgan fingerprint density at radius 3 is 2.70 bits per heavy atom. The van der Waals surface area contributed by atoms with Gasteiger partial charge in [-0.1, -0.05) is 0 Å². The first-order valence-electron chi connectivity index (χ1n) is 6.14. The monoisotopic (exact) mass is 276 g/mol. The van der Waals surface area contributed by atoms with Crippen molar-refractivity contribution in [2.75, 3.05) is 13.7 Å². The lowest BCUT2D eigenvalue weighted by Gasteiger charge is -2.11. The number of hydrogen-bond donors (Lipinski definition) is 1. The topological polar surface area (TPSA) is 73.6 Å². The van der Waals surface area contributed by atoms with Crippen LogP contribution in [0.2, 0.25) is 0 Å². The Morgan fingerprint density at radius 1 is 1.40 bits per heavy atom. The summed E-state index contributed by atoms with van der Waals surface area (Å²) < 4.78 is 12.2. The minimum Gasteiger partial charge on any atom is -0.493 e. The number of hydrogen-bond acceptors (Lipinski definition) is 4. The molecule has 0 aliphatic rings. The van der Waals surface area contributed by atoms with Crippen LogP contribution in [0.5, 0.6) is 11.5 Å². The van der Waals surface area contributed by atoms with Gasteiger partial charge in [0, 0.05) is 12.6 Å². The maximum atomic E-state index is 11.0. The van der Waals surface area contributed by atoms with Crippen molar-refractivity contribution in [3.63, 3.8) is 0 Å². The van der Waals surface area contributed by atoms with Gasteiger partial charge < -0.3 is 19.1 Å². The van der Waals surface area contributed by atoms with Crippen LogP contribution in [0.3, 0.4) is 0 Å². The predicted molar refractivity (Wildman–Crippen MR) is 73.3 cm³/mol. The first kappa shape index (κ1) is 13.9. The summed E-state index contributed by atoms with van der Waals surface area (Å²) in [6.07, 6.45) is 1.34. The molecular formula is C14H16N2O4. The van der Waals surface area contributed by atoms with E-state index >= 15 is 0 Å². The minimum atomic E-state index is -1.01. The molecule has 1 N–H and O–H groups in total. The van der Waals surface area contributed by atoms with Crippen LogP contribution in [0, 0.1) is 0 Å². The molecule has 0 unspecified atom stereocenters. The van der Waals surface area contributed by atoms with Gasteiger partial charge in [-0.2, -0.15) is 0 Å². The molecule has 0 bridgehead atoms. The van der Waals surface area contributed by atoms with Gasteiger partial charge in [-0.05, 0) is 25.1 Å². The largest absolute Gasteiger partial charge is 0.493 e. The molecule has 106 valence electrons. The number of nitrogens with zero attached hydrogens (tertiary/aromatic N) is 2. The van der Waals surface area contributed by atoms with Gasteiger partial charge in [0.25, 0.3) is 0 Å². The molecule has 20 heavy (non-hydrogen) atoms. The van der Waals surface area contributed by atoms with Crippen molar-refractivity contribution >= 4 is 5.97 Å². The number of methoxy groups -OCH3 is 1. The van der Waals surface area contributed by atoms with Gasteiger partial charge in [0.05, 0.1) is 19.9 Å². The van der Waals surface area contributed by atoms with Crippen molar-refractivity contribution in [3.8, 4) is 22.9 Å². The van der Waals surface area contributed by atoms with E-state index in [1.54, 1.807) is 26.3 Å². The number of carboxylic acids is 1. The lowest BCUT2D eigenvalue weighted by molar-refractivity contribution is 0.0686. The minimum absolute atomic E-state index is 0.133. The molecule has 6 heteroatoms. The van der Waals surface area contributed by atoms with Gasteiger partial charge in [0.1, 0.15) is 11.5 Å². The molecule has 6 nitrogen and oxygen atoms in total. The van der Waals surface area contributed by atoms with E-state index in [9.17, 15) is 4.79 Å². The quantitative estimate of drug-likeness (QED) is 0.906. The standard InChI is InChI=1S/C14H16N2O4/c1-4-20-12-7-9(5-6-11(12)19-3)13-15-8-10(14(17)18)16(13)2/h5-8H,4H2,1-3H3,(H,17,18). The van der Waals surface area contributed by atoms with E-state index in [2.05, 4.69) is 4.98 Å². The van der Waals surface area contributed by atoms with Crippen molar-refractivity contribution in [3.05, 3.63) is 30.1 Å². The van der Waals surface area contributed by atoms with Crippen molar-refractivity contribution in [1.29, 1.82) is 0 Å². The molecule has 0 fully saturated rings. The van der Waals surface area contributed by atoms with E-state index in [0.717, 1.165) is 5.56 Å². The maximum absolute atomic E-state index is 11.0. The molecule has 1 heterocycles. The van der Waals surface area contributed by atoms with Crippen LogP contribution >= 0.6 is 0 Å². The average Bonchev–Trinajstić information content (AvgIpc) is 2.81. The van der Waals surface area contributed by atoms with Crippen LogP contribution < -0.4 is 9.47 Å². The smallest absolute Gasteiger partial charge is 0.354 e. The number of aromatic carboxylic acids is 1. The van der Waals surface area contributed by atoms with E-state index in [-0.39, 0.29) is 5.69 Å². The Kier molecular flexibility index (Phi) is 3.93. The van der Waals surface area contributed by atoms with Gasteiger partial charge in [-0.3, -0.25) is 0 Å². The molecule has 2 rings (SSSR count). The number of carboxylic acid groups (broad SMARTS) is 1. The molecule has 0 spiro atoms. The first-order valence-corrected chi connectivity index (χ1v) is 6.14. The highest BCUT2D eigenvalue weighted by Gasteiger charge is 2.15. The number of carbonyl (C=O) groups is 1. The van der Waals surface area contributed by atoms with E-state index in [0.29, 0.717) is 23.9 Å². The van der Waals surface area contributed by atoms with Crippen molar-refractivity contribution in [1.82, 2.24) is 9.55 Å². The third-order valence-electron chi connectivity index (χ3n) is 2.93. The number of imidazole rings is 1. The van der Waals surface area contributed by atoms with Crippen molar-refractivity contribution in [2.45, 2.75) is 6.92 Å². The van der Waals surface area contributed by atoms with Gasteiger partial charge in [0.15, 0.2) is 11.5 Å². The second-order valence-electron chi connectivity index (χ2n) is 4.13. The fourth-order valence-corrected chi connectivity index (χ4v) is 1.96. The van der Waals surface area contributed by atoms with Gasteiger partial charge in [0.2, 0.25) is 0 Å². The van der Waals surface area contributed by atoms with Gasteiger partial charge >= 0.3 is 5.97 Å². The summed E-state index contributed by atoms with van der Waals surface area (Å²) in [4.78, 5) is 15.2. The Balaban J connectivity index is 2.48. The Labute approximate surface area is 116 Å². The highest BCUT2D eigenvalue weighted by Crippen LogP contribution is 2.32. The highest BCUT2D eigenvalue weighted by atomic mass is 16.5. The number of rotatable bonds is 5. The molecule has 0 saturated heterocycles. The summed E-state index contributed by atoms with van der Waals surface area (Å²) in [5, 5.41) is 9.04. The molecule has 0 radical (unpaired) electrons. The summed E-state index contributed by atoms with van der Waals surface area (Å²) in [5.41, 5.74) is 0.901. The van der Waals surface area contributed by atoms with Crippen LogP contribution in [0.25, 0.3) is 11.4 Å².